The molecule has 0 radical (unpaired) electrons. The van der Waals surface area contributed by atoms with Gasteiger partial charge in [-0.15, -0.1) is 0 Å². The van der Waals surface area contributed by atoms with E-state index in [0.717, 1.165) is 0 Å². The molecule has 1 atom stereocenters. The number of carbonyl (C=O) groups excluding carboxylic acids is 1. The zero-order valence-electron chi connectivity index (χ0n) is 10.5. The van der Waals surface area contributed by atoms with E-state index in [-0.39, 0.29) is 23.3 Å². The van der Waals surface area contributed by atoms with Gasteiger partial charge in [0.1, 0.15) is 0 Å². The first-order valence-corrected chi connectivity index (χ1v) is 6.65. The van der Waals surface area contributed by atoms with Gasteiger partial charge in [0, 0.05) is 13.0 Å². The number of rotatable bonds is 6. The maximum Gasteiger partial charge on any atom is 0.303 e. The molecular formula is C13H15Cl2NO3. The Morgan fingerprint density at radius 3 is 2.63 bits per heavy atom. The molecule has 0 heterocycles. The highest BCUT2D eigenvalue weighted by Crippen LogP contribution is 2.25. The fourth-order valence-corrected chi connectivity index (χ4v) is 2.01. The molecule has 6 heteroatoms. The highest BCUT2D eigenvalue weighted by atomic mass is 35.5. The third-order valence-corrected chi connectivity index (χ3v) is 3.61. The van der Waals surface area contributed by atoms with Gasteiger partial charge in [-0.05, 0) is 18.1 Å². The normalized spacial score (nSPS) is 11.9. The monoisotopic (exact) mass is 303 g/mol. The summed E-state index contributed by atoms with van der Waals surface area (Å²) < 4.78 is 0. The summed E-state index contributed by atoms with van der Waals surface area (Å²) in [6.07, 6.45) is 0.704. The van der Waals surface area contributed by atoms with Crippen LogP contribution in [0.4, 0.5) is 0 Å². The van der Waals surface area contributed by atoms with Crippen molar-refractivity contribution in [1.29, 1.82) is 0 Å². The Morgan fingerprint density at radius 2 is 2.05 bits per heavy atom. The summed E-state index contributed by atoms with van der Waals surface area (Å²) in [5.41, 5.74) is 0.291. The van der Waals surface area contributed by atoms with Crippen LogP contribution in [-0.4, -0.2) is 23.5 Å². The van der Waals surface area contributed by atoms with E-state index in [4.69, 9.17) is 28.3 Å². The molecule has 0 saturated heterocycles. The van der Waals surface area contributed by atoms with Crippen molar-refractivity contribution in [2.24, 2.45) is 5.92 Å². The molecule has 1 aromatic rings. The van der Waals surface area contributed by atoms with Gasteiger partial charge in [0.05, 0.1) is 15.6 Å². The van der Waals surface area contributed by atoms with Crippen LogP contribution >= 0.6 is 23.2 Å². The number of carbonyl (C=O) groups is 2. The summed E-state index contributed by atoms with van der Waals surface area (Å²) in [7, 11) is 0. The van der Waals surface area contributed by atoms with E-state index < -0.39 is 5.97 Å². The van der Waals surface area contributed by atoms with Gasteiger partial charge in [-0.1, -0.05) is 42.6 Å². The van der Waals surface area contributed by atoms with Crippen LogP contribution in [0, 0.1) is 5.92 Å². The van der Waals surface area contributed by atoms with Crippen molar-refractivity contribution in [3.8, 4) is 0 Å². The molecule has 0 aliphatic heterocycles. The van der Waals surface area contributed by atoms with E-state index >= 15 is 0 Å². The summed E-state index contributed by atoms with van der Waals surface area (Å²) in [6.45, 7) is 2.18. The molecule has 0 spiro atoms. The number of carboxylic acids is 1. The van der Waals surface area contributed by atoms with Crippen LogP contribution in [0.3, 0.4) is 0 Å². The Labute approximate surface area is 121 Å². The first-order chi connectivity index (χ1) is 8.95. The summed E-state index contributed by atoms with van der Waals surface area (Å²) in [5.74, 6) is -1.32. The average molecular weight is 304 g/mol. The molecule has 0 saturated carbocycles. The molecule has 0 fully saturated rings. The number of halogens is 2. The number of nitrogens with one attached hydrogen (secondary N) is 1. The Hall–Kier alpha value is -1.26. The van der Waals surface area contributed by atoms with E-state index in [1.54, 1.807) is 18.2 Å². The van der Waals surface area contributed by atoms with E-state index in [9.17, 15) is 9.59 Å². The maximum atomic E-state index is 11.9. The van der Waals surface area contributed by atoms with E-state index in [0.29, 0.717) is 23.6 Å². The molecule has 0 bridgehead atoms. The van der Waals surface area contributed by atoms with Crippen molar-refractivity contribution < 1.29 is 14.7 Å². The smallest absolute Gasteiger partial charge is 0.303 e. The minimum atomic E-state index is -0.873. The van der Waals surface area contributed by atoms with Gasteiger partial charge >= 0.3 is 5.97 Å². The van der Waals surface area contributed by atoms with Gasteiger partial charge in [0.15, 0.2) is 0 Å². The van der Waals surface area contributed by atoms with E-state index in [1.807, 2.05) is 6.92 Å². The van der Waals surface area contributed by atoms with Crippen LogP contribution in [0.2, 0.25) is 10.0 Å². The molecule has 0 aliphatic rings. The predicted molar refractivity (Wildman–Crippen MR) is 74.8 cm³/mol. The molecule has 1 rings (SSSR count). The number of benzene rings is 1. The Bertz CT molecular complexity index is 477. The lowest BCUT2D eigenvalue weighted by Gasteiger charge is -2.14. The van der Waals surface area contributed by atoms with Crippen LogP contribution in [0.5, 0.6) is 0 Å². The van der Waals surface area contributed by atoms with E-state index in [1.165, 1.54) is 0 Å². The van der Waals surface area contributed by atoms with Crippen molar-refractivity contribution >= 4 is 35.1 Å². The molecule has 1 aromatic carbocycles. The fraction of sp³-hybridized carbons (Fsp3) is 0.385. The SMILES string of the molecule is CCC(CNC(=O)c1cccc(Cl)c1Cl)CC(=O)O. The van der Waals surface area contributed by atoms with Crippen LogP contribution in [0.15, 0.2) is 18.2 Å². The van der Waals surface area contributed by atoms with Gasteiger partial charge in [-0.2, -0.15) is 0 Å². The Morgan fingerprint density at radius 1 is 1.37 bits per heavy atom. The van der Waals surface area contributed by atoms with Gasteiger partial charge < -0.3 is 10.4 Å². The van der Waals surface area contributed by atoms with Crippen LogP contribution in [0.1, 0.15) is 30.1 Å². The van der Waals surface area contributed by atoms with Crippen molar-refractivity contribution in [1.82, 2.24) is 5.32 Å². The van der Waals surface area contributed by atoms with Crippen molar-refractivity contribution in [3.63, 3.8) is 0 Å². The minimum Gasteiger partial charge on any atom is -0.481 e. The number of carboxylic acid groups (broad SMARTS) is 1. The molecular weight excluding hydrogens is 289 g/mol. The lowest BCUT2D eigenvalue weighted by Crippen LogP contribution is -2.30. The minimum absolute atomic E-state index is 0.0278. The number of amides is 1. The molecule has 0 aromatic heterocycles. The van der Waals surface area contributed by atoms with Gasteiger partial charge in [0.2, 0.25) is 0 Å². The Balaban J connectivity index is 2.64. The zero-order chi connectivity index (χ0) is 14.4. The molecule has 2 N–H and O–H groups in total. The topological polar surface area (TPSA) is 66.4 Å². The van der Waals surface area contributed by atoms with Crippen molar-refractivity contribution in [2.75, 3.05) is 6.54 Å². The summed E-state index contributed by atoms with van der Waals surface area (Å²) in [5, 5.41) is 11.9. The lowest BCUT2D eigenvalue weighted by molar-refractivity contribution is -0.138. The second-order valence-corrected chi connectivity index (χ2v) is 4.97. The second kappa shape index (κ2) is 7.36. The highest BCUT2D eigenvalue weighted by molar-refractivity contribution is 6.43. The molecule has 1 amide bonds. The van der Waals surface area contributed by atoms with Crippen LogP contribution in [-0.2, 0) is 4.79 Å². The Kier molecular flexibility index (Phi) is 6.12. The van der Waals surface area contributed by atoms with Crippen molar-refractivity contribution in [2.45, 2.75) is 19.8 Å². The average Bonchev–Trinajstić information content (AvgIpc) is 2.37. The first kappa shape index (κ1) is 15.8. The van der Waals surface area contributed by atoms with Crippen LogP contribution < -0.4 is 5.32 Å². The molecule has 4 nitrogen and oxygen atoms in total. The molecule has 1 unspecified atom stereocenters. The van der Waals surface area contributed by atoms with Gasteiger partial charge in [-0.25, -0.2) is 0 Å². The fourth-order valence-electron chi connectivity index (χ4n) is 1.62. The number of hydrogen-bond donors (Lipinski definition) is 2. The third kappa shape index (κ3) is 4.73. The maximum absolute atomic E-state index is 11.9. The first-order valence-electron chi connectivity index (χ1n) is 5.89. The van der Waals surface area contributed by atoms with Crippen molar-refractivity contribution in [3.05, 3.63) is 33.8 Å². The predicted octanol–water partition coefficient (Wildman–Crippen LogP) is 3.22. The lowest BCUT2D eigenvalue weighted by atomic mass is 10.0. The number of aliphatic carboxylic acids is 1. The standard InChI is InChI=1S/C13H15Cl2NO3/c1-2-8(6-11(17)18)7-16-13(19)9-4-3-5-10(14)12(9)15/h3-5,8H,2,6-7H2,1H3,(H,16,19)(H,17,18). The van der Waals surface area contributed by atoms with Gasteiger partial charge in [-0.3, -0.25) is 9.59 Å². The van der Waals surface area contributed by atoms with Gasteiger partial charge in [0.25, 0.3) is 5.91 Å². The molecule has 19 heavy (non-hydrogen) atoms. The highest BCUT2D eigenvalue weighted by Gasteiger charge is 2.15. The largest absolute Gasteiger partial charge is 0.481 e. The molecule has 104 valence electrons. The number of hydrogen-bond acceptors (Lipinski definition) is 2. The summed E-state index contributed by atoms with van der Waals surface area (Å²) >= 11 is 11.8. The van der Waals surface area contributed by atoms with Crippen LogP contribution in [0.25, 0.3) is 0 Å². The quantitative estimate of drug-likeness (QED) is 0.848. The summed E-state index contributed by atoms with van der Waals surface area (Å²) in [6, 6.07) is 4.80. The second-order valence-electron chi connectivity index (χ2n) is 4.18. The third-order valence-electron chi connectivity index (χ3n) is 2.79. The zero-order valence-corrected chi connectivity index (χ0v) is 12.0. The van der Waals surface area contributed by atoms with E-state index in [2.05, 4.69) is 5.32 Å². The summed E-state index contributed by atoms with van der Waals surface area (Å²) in [4.78, 5) is 22.6. The molecule has 0 aliphatic carbocycles.